The lowest BCUT2D eigenvalue weighted by atomic mass is 10.2. The molecule has 1 aromatic heterocycles. The Balaban J connectivity index is 0.00000162. The highest BCUT2D eigenvalue weighted by atomic mass is 35.5. The molecule has 0 unspecified atom stereocenters. The predicted molar refractivity (Wildman–Crippen MR) is 72.1 cm³/mol. The van der Waals surface area contributed by atoms with Crippen LogP contribution in [0.4, 0.5) is 5.82 Å². The molecule has 0 bridgehead atoms. The van der Waals surface area contributed by atoms with Crippen LogP contribution in [0, 0.1) is 0 Å². The maximum absolute atomic E-state index is 10.4. The molecule has 2 rings (SSSR count). The summed E-state index contributed by atoms with van der Waals surface area (Å²) in [5.74, 6) is -0.0275. The van der Waals surface area contributed by atoms with E-state index in [-0.39, 0.29) is 18.8 Å². The van der Waals surface area contributed by atoms with Gasteiger partial charge >= 0.3 is 5.97 Å². The predicted octanol–water partition coefficient (Wildman–Crippen LogP) is 2.33. The van der Waals surface area contributed by atoms with Gasteiger partial charge in [0.15, 0.2) is 0 Å². The number of benzene rings is 1. The van der Waals surface area contributed by atoms with Gasteiger partial charge in [0.1, 0.15) is 12.1 Å². The molecule has 1 aromatic carbocycles. The van der Waals surface area contributed by atoms with E-state index in [0.717, 1.165) is 16.7 Å². The molecule has 0 saturated heterocycles. The molecular formula is C12H14ClN3O2. The highest BCUT2D eigenvalue weighted by molar-refractivity contribution is 5.88. The lowest BCUT2D eigenvalue weighted by Gasteiger charge is -2.06. The molecule has 0 amide bonds. The number of carbonyl (C=O) groups is 1. The average molecular weight is 268 g/mol. The molecule has 2 aromatic rings. The molecule has 18 heavy (non-hydrogen) atoms. The zero-order valence-electron chi connectivity index (χ0n) is 9.67. The molecule has 6 heteroatoms. The molecule has 0 saturated carbocycles. The number of hydrogen-bond acceptors (Lipinski definition) is 4. The van der Waals surface area contributed by atoms with Crippen molar-refractivity contribution < 1.29 is 9.90 Å². The van der Waals surface area contributed by atoms with E-state index >= 15 is 0 Å². The van der Waals surface area contributed by atoms with Gasteiger partial charge < -0.3 is 10.4 Å². The number of aromatic nitrogens is 2. The summed E-state index contributed by atoms with van der Waals surface area (Å²) in [6.07, 6.45) is 2.24. The van der Waals surface area contributed by atoms with E-state index in [9.17, 15) is 4.79 Å². The first kappa shape index (κ1) is 14.2. The van der Waals surface area contributed by atoms with Crippen molar-refractivity contribution in [1.29, 1.82) is 0 Å². The summed E-state index contributed by atoms with van der Waals surface area (Å²) in [5, 5.41) is 12.6. The SMILES string of the molecule is Cl.O=C(O)CCCNc1ncnc2ccccc12. The molecule has 2 N–H and O–H groups in total. The molecule has 0 aliphatic heterocycles. The monoisotopic (exact) mass is 267 g/mol. The summed E-state index contributed by atoms with van der Waals surface area (Å²) < 4.78 is 0. The van der Waals surface area contributed by atoms with Gasteiger partial charge in [-0.05, 0) is 18.6 Å². The number of halogens is 1. The molecule has 5 nitrogen and oxygen atoms in total. The van der Waals surface area contributed by atoms with Gasteiger partial charge in [0.25, 0.3) is 0 Å². The van der Waals surface area contributed by atoms with Crippen LogP contribution in [-0.2, 0) is 4.79 Å². The number of carboxylic acid groups (broad SMARTS) is 1. The summed E-state index contributed by atoms with van der Waals surface area (Å²) in [6.45, 7) is 0.591. The number of fused-ring (bicyclic) bond motifs is 1. The average Bonchev–Trinajstić information content (AvgIpc) is 2.34. The van der Waals surface area contributed by atoms with Crippen LogP contribution in [0.25, 0.3) is 10.9 Å². The van der Waals surface area contributed by atoms with Crippen LogP contribution < -0.4 is 5.32 Å². The summed E-state index contributed by atoms with van der Waals surface area (Å²) in [6, 6.07) is 7.70. The number of anilines is 1. The number of nitrogens with zero attached hydrogens (tertiary/aromatic N) is 2. The van der Waals surface area contributed by atoms with Gasteiger partial charge in [0.2, 0.25) is 0 Å². The molecule has 0 aliphatic rings. The van der Waals surface area contributed by atoms with Gasteiger partial charge in [-0.1, -0.05) is 12.1 Å². The van der Waals surface area contributed by atoms with Crippen molar-refractivity contribution in [3.8, 4) is 0 Å². The van der Waals surface area contributed by atoms with Crippen LogP contribution in [0.1, 0.15) is 12.8 Å². The fourth-order valence-electron chi connectivity index (χ4n) is 1.59. The fourth-order valence-corrected chi connectivity index (χ4v) is 1.59. The standard InChI is InChI=1S/C12H13N3O2.ClH/c16-11(17)6-3-7-13-12-9-4-1-2-5-10(9)14-8-15-12;/h1-2,4-5,8H,3,6-7H2,(H,16,17)(H,13,14,15);1H. The van der Waals surface area contributed by atoms with E-state index in [1.807, 2.05) is 24.3 Å². The zero-order valence-corrected chi connectivity index (χ0v) is 10.5. The Morgan fingerprint density at radius 1 is 1.28 bits per heavy atom. The number of rotatable bonds is 5. The van der Waals surface area contributed by atoms with Gasteiger partial charge in [-0.25, -0.2) is 9.97 Å². The van der Waals surface area contributed by atoms with E-state index in [1.54, 1.807) is 0 Å². The van der Waals surface area contributed by atoms with Gasteiger partial charge in [-0.2, -0.15) is 0 Å². The first-order valence-electron chi connectivity index (χ1n) is 5.43. The highest BCUT2D eigenvalue weighted by Gasteiger charge is 2.02. The van der Waals surface area contributed by atoms with Crippen LogP contribution in [0.15, 0.2) is 30.6 Å². The van der Waals surface area contributed by atoms with Crippen molar-refractivity contribution in [3.05, 3.63) is 30.6 Å². The maximum atomic E-state index is 10.4. The highest BCUT2D eigenvalue weighted by Crippen LogP contribution is 2.17. The van der Waals surface area contributed by atoms with Crippen LogP contribution >= 0.6 is 12.4 Å². The smallest absolute Gasteiger partial charge is 0.303 e. The van der Waals surface area contributed by atoms with E-state index in [4.69, 9.17) is 5.11 Å². The van der Waals surface area contributed by atoms with E-state index in [1.165, 1.54) is 6.33 Å². The first-order chi connectivity index (χ1) is 8.27. The third kappa shape index (κ3) is 3.56. The second kappa shape index (κ2) is 6.76. The summed E-state index contributed by atoms with van der Waals surface area (Å²) in [7, 11) is 0. The van der Waals surface area contributed by atoms with Crippen LogP contribution in [-0.4, -0.2) is 27.6 Å². The molecule has 0 aliphatic carbocycles. The summed E-state index contributed by atoms with van der Waals surface area (Å²) >= 11 is 0. The second-order valence-corrected chi connectivity index (χ2v) is 3.66. The zero-order chi connectivity index (χ0) is 12.1. The largest absolute Gasteiger partial charge is 0.481 e. The minimum absolute atomic E-state index is 0. The lowest BCUT2D eigenvalue weighted by Crippen LogP contribution is -2.06. The Morgan fingerprint density at radius 2 is 2.06 bits per heavy atom. The second-order valence-electron chi connectivity index (χ2n) is 3.66. The van der Waals surface area contributed by atoms with Gasteiger partial charge in [-0.15, -0.1) is 12.4 Å². The number of nitrogens with one attached hydrogen (secondary N) is 1. The van der Waals surface area contributed by atoms with Gasteiger partial charge in [0.05, 0.1) is 5.52 Å². The Hall–Kier alpha value is -1.88. The molecule has 0 radical (unpaired) electrons. The van der Waals surface area contributed by atoms with Crippen molar-refractivity contribution in [1.82, 2.24) is 9.97 Å². The van der Waals surface area contributed by atoms with E-state index in [0.29, 0.717) is 13.0 Å². The van der Waals surface area contributed by atoms with Gasteiger partial charge in [0, 0.05) is 18.4 Å². The number of aliphatic carboxylic acids is 1. The summed E-state index contributed by atoms with van der Waals surface area (Å²) in [4.78, 5) is 18.7. The third-order valence-corrected chi connectivity index (χ3v) is 2.40. The third-order valence-electron chi connectivity index (χ3n) is 2.40. The fraction of sp³-hybridized carbons (Fsp3) is 0.250. The number of carboxylic acids is 1. The van der Waals surface area contributed by atoms with Crippen LogP contribution in [0.5, 0.6) is 0 Å². The van der Waals surface area contributed by atoms with Crippen LogP contribution in [0.3, 0.4) is 0 Å². The minimum atomic E-state index is -0.778. The number of hydrogen-bond donors (Lipinski definition) is 2. The maximum Gasteiger partial charge on any atom is 0.303 e. The Labute approximate surface area is 111 Å². The lowest BCUT2D eigenvalue weighted by molar-refractivity contribution is -0.137. The Morgan fingerprint density at radius 3 is 2.83 bits per heavy atom. The molecule has 0 atom stereocenters. The molecule has 0 fully saturated rings. The van der Waals surface area contributed by atoms with Crippen molar-refractivity contribution in [2.75, 3.05) is 11.9 Å². The number of para-hydroxylation sites is 1. The van der Waals surface area contributed by atoms with Crippen molar-refractivity contribution >= 4 is 35.1 Å². The van der Waals surface area contributed by atoms with E-state index in [2.05, 4.69) is 15.3 Å². The quantitative estimate of drug-likeness (QED) is 0.813. The van der Waals surface area contributed by atoms with Crippen molar-refractivity contribution in [3.63, 3.8) is 0 Å². The Bertz CT molecular complexity index is 528. The van der Waals surface area contributed by atoms with E-state index < -0.39 is 5.97 Å². The molecule has 96 valence electrons. The van der Waals surface area contributed by atoms with Crippen LogP contribution in [0.2, 0.25) is 0 Å². The molecule has 1 heterocycles. The van der Waals surface area contributed by atoms with Crippen molar-refractivity contribution in [2.45, 2.75) is 12.8 Å². The molecular weight excluding hydrogens is 254 g/mol. The summed E-state index contributed by atoms with van der Waals surface area (Å²) in [5.41, 5.74) is 0.878. The topological polar surface area (TPSA) is 75.1 Å². The molecule has 0 spiro atoms. The first-order valence-corrected chi connectivity index (χ1v) is 5.43. The normalized spacial score (nSPS) is 9.78. The minimum Gasteiger partial charge on any atom is -0.481 e. The van der Waals surface area contributed by atoms with Crippen molar-refractivity contribution in [2.24, 2.45) is 0 Å². The Kier molecular flexibility index (Phi) is 5.32. The van der Waals surface area contributed by atoms with Gasteiger partial charge in [-0.3, -0.25) is 4.79 Å².